The molecular formula is C13H16FNO5. The van der Waals surface area contributed by atoms with Crippen LogP contribution in [0.5, 0.6) is 5.75 Å². The number of carboxylic acid groups (broad SMARTS) is 1. The third-order valence-corrected chi connectivity index (χ3v) is 2.61. The number of ether oxygens (including phenoxy) is 1. The molecule has 20 heavy (non-hydrogen) atoms. The first-order chi connectivity index (χ1) is 9.22. The van der Waals surface area contributed by atoms with Gasteiger partial charge >= 0.3 is 11.7 Å². The minimum absolute atomic E-state index is 0.259. The van der Waals surface area contributed by atoms with E-state index < -0.39 is 28.0 Å². The van der Waals surface area contributed by atoms with Crippen LogP contribution in [0.4, 0.5) is 10.1 Å². The van der Waals surface area contributed by atoms with E-state index in [0.29, 0.717) is 18.4 Å². The van der Waals surface area contributed by atoms with Gasteiger partial charge in [-0.15, -0.1) is 0 Å². The second-order valence-electron chi connectivity index (χ2n) is 4.92. The summed E-state index contributed by atoms with van der Waals surface area (Å²) in [7, 11) is 0. The number of hydrogen-bond acceptors (Lipinski definition) is 4. The largest absolute Gasteiger partial charge is 0.484 e. The molecule has 6 nitrogen and oxygen atoms in total. The van der Waals surface area contributed by atoms with Crippen molar-refractivity contribution in [2.75, 3.05) is 0 Å². The average Bonchev–Trinajstić information content (AvgIpc) is 2.26. The summed E-state index contributed by atoms with van der Waals surface area (Å²) in [6.45, 7) is 5.64. The van der Waals surface area contributed by atoms with E-state index in [1.54, 1.807) is 6.92 Å². The zero-order valence-corrected chi connectivity index (χ0v) is 11.4. The molecule has 110 valence electrons. The Morgan fingerprint density at radius 1 is 1.45 bits per heavy atom. The maximum absolute atomic E-state index is 13.6. The third-order valence-electron chi connectivity index (χ3n) is 2.61. The van der Waals surface area contributed by atoms with E-state index in [1.807, 2.05) is 13.8 Å². The van der Waals surface area contributed by atoms with Crippen LogP contribution < -0.4 is 4.74 Å². The molecule has 0 spiro atoms. The molecule has 0 aliphatic carbocycles. The van der Waals surface area contributed by atoms with Gasteiger partial charge in [0.15, 0.2) is 5.75 Å². The standard InChI is InChI=1S/C13H16FNO5/c1-7(2)4-8(3)20-12-6-10(14)9(13(16)17)5-11(12)15(18)19/h5-8H,4H2,1-3H3,(H,16,17). The Balaban J connectivity index is 3.15. The number of nitro groups is 1. The molecule has 1 N–H and O–H groups in total. The second-order valence-corrected chi connectivity index (χ2v) is 4.92. The first-order valence-corrected chi connectivity index (χ1v) is 6.10. The lowest BCUT2D eigenvalue weighted by Gasteiger charge is -2.16. The monoisotopic (exact) mass is 285 g/mol. The fourth-order valence-electron chi connectivity index (χ4n) is 1.87. The quantitative estimate of drug-likeness (QED) is 0.640. The van der Waals surface area contributed by atoms with Crippen molar-refractivity contribution in [2.24, 2.45) is 5.92 Å². The van der Waals surface area contributed by atoms with Crippen molar-refractivity contribution in [2.45, 2.75) is 33.3 Å². The highest BCUT2D eigenvalue weighted by molar-refractivity contribution is 5.89. The van der Waals surface area contributed by atoms with E-state index in [9.17, 15) is 19.3 Å². The first kappa shape index (κ1) is 15.9. The number of benzene rings is 1. The zero-order chi connectivity index (χ0) is 15.4. The summed E-state index contributed by atoms with van der Waals surface area (Å²) in [5.74, 6) is -2.57. The van der Waals surface area contributed by atoms with E-state index in [1.165, 1.54) is 0 Å². The number of aromatic carboxylic acids is 1. The molecule has 1 unspecified atom stereocenters. The Kier molecular flexibility index (Phi) is 5.01. The Hall–Kier alpha value is -2.18. The minimum Gasteiger partial charge on any atom is -0.484 e. The van der Waals surface area contributed by atoms with Crippen molar-refractivity contribution in [1.82, 2.24) is 0 Å². The molecule has 1 aromatic carbocycles. The Labute approximate surface area is 115 Å². The van der Waals surface area contributed by atoms with Crippen LogP contribution in [0.3, 0.4) is 0 Å². The maximum Gasteiger partial charge on any atom is 0.338 e. The highest BCUT2D eigenvalue weighted by atomic mass is 19.1. The predicted octanol–water partition coefficient (Wildman–Crippen LogP) is 3.25. The summed E-state index contributed by atoms with van der Waals surface area (Å²) >= 11 is 0. The highest BCUT2D eigenvalue weighted by Gasteiger charge is 2.24. The molecule has 1 aromatic rings. The van der Waals surface area contributed by atoms with Crippen molar-refractivity contribution < 1.29 is 24.0 Å². The van der Waals surface area contributed by atoms with Gasteiger partial charge in [0.1, 0.15) is 11.4 Å². The van der Waals surface area contributed by atoms with Crippen molar-refractivity contribution in [3.8, 4) is 5.75 Å². The number of nitro benzene ring substituents is 1. The lowest BCUT2D eigenvalue weighted by Crippen LogP contribution is -2.16. The Bertz CT molecular complexity index is 530. The second kappa shape index (κ2) is 6.31. The summed E-state index contributed by atoms with van der Waals surface area (Å²) < 4.78 is 18.9. The van der Waals surface area contributed by atoms with Crippen molar-refractivity contribution in [1.29, 1.82) is 0 Å². The summed E-state index contributed by atoms with van der Waals surface area (Å²) in [5, 5.41) is 19.7. The number of hydrogen-bond donors (Lipinski definition) is 1. The van der Waals surface area contributed by atoms with Crippen LogP contribution in [0.2, 0.25) is 0 Å². The van der Waals surface area contributed by atoms with E-state index in [4.69, 9.17) is 9.84 Å². The van der Waals surface area contributed by atoms with Crippen LogP contribution >= 0.6 is 0 Å². The summed E-state index contributed by atoms with van der Waals surface area (Å²) in [5.41, 5.74) is -1.31. The van der Waals surface area contributed by atoms with Gasteiger partial charge in [-0.3, -0.25) is 10.1 Å². The van der Waals surface area contributed by atoms with E-state index in [-0.39, 0.29) is 11.9 Å². The van der Waals surface area contributed by atoms with E-state index in [0.717, 1.165) is 6.07 Å². The molecule has 0 radical (unpaired) electrons. The molecule has 0 saturated carbocycles. The first-order valence-electron chi connectivity index (χ1n) is 6.10. The van der Waals surface area contributed by atoms with E-state index in [2.05, 4.69) is 0 Å². The molecule has 0 aliphatic heterocycles. The minimum atomic E-state index is -1.56. The average molecular weight is 285 g/mol. The van der Waals surface area contributed by atoms with E-state index >= 15 is 0 Å². The molecule has 0 bridgehead atoms. The van der Waals surface area contributed by atoms with Crippen LogP contribution in [0.25, 0.3) is 0 Å². The molecule has 0 aromatic heterocycles. The molecule has 1 rings (SSSR count). The van der Waals surface area contributed by atoms with Gasteiger partial charge in [0.05, 0.1) is 11.0 Å². The van der Waals surface area contributed by atoms with Gasteiger partial charge in [-0.05, 0) is 19.3 Å². The van der Waals surface area contributed by atoms with Gasteiger partial charge in [-0.2, -0.15) is 0 Å². The van der Waals surface area contributed by atoms with Crippen molar-refractivity contribution >= 4 is 11.7 Å². The highest BCUT2D eigenvalue weighted by Crippen LogP contribution is 2.31. The molecule has 0 fully saturated rings. The molecule has 1 atom stereocenters. The van der Waals surface area contributed by atoms with Gasteiger partial charge in [0.25, 0.3) is 0 Å². The van der Waals surface area contributed by atoms with Crippen molar-refractivity contribution in [3.05, 3.63) is 33.6 Å². The number of carboxylic acids is 1. The molecule has 0 saturated heterocycles. The number of rotatable bonds is 6. The molecule has 0 aliphatic rings. The lowest BCUT2D eigenvalue weighted by molar-refractivity contribution is -0.386. The van der Waals surface area contributed by atoms with Gasteiger partial charge in [0.2, 0.25) is 0 Å². The normalized spacial score (nSPS) is 12.2. The van der Waals surface area contributed by atoms with Crippen LogP contribution in [-0.4, -0.2) is 22.1 Å². The zero-order valence-electron chi connectivity index (χ0n) is 11.4. The number of carbonyl (C=O) groups is 1. The summed E-state index contributed by atoms with van der Waals surface area (Å²) in [4.78, 5) is 20.9. The number of nitrogens with zero attached hydrogens (tertiary/aromatic N) is 1. The summed E-state index contributed by atoms with van der Waals surface area (Å²) in [6, 6.07) is 1.42. The van der Waals surface area contributed by atoms with Crippen LogP contribution in [0.1, 0.15) is 37.6 Å². The SMILES string of the molecule is CC(C)CC(C)Oc1cc(F)c(C(=O)O)cc1[N+](=O)[O-]. The molecule has 7 heteroatoms. The Morgan fingerprint density at radius 2 is 2.05 bits per heavy atom. The van der Waals surface area contributed by atoms with Gasteiger partial charge < -0.3 is 9.84 Å². The third kappa shape index (κ3) is 3.91. The fraction of sp³-hybridized carbons (Fsp3) is 0.462. The molecule has 0 heterocycles. The maximum atomic E-state index is 13.6. The van der Waals surface area contributed by atoms with Gasteiger partial charge in [-0.25, -0.2) is 9.18 Å². The smallest absolute Gasteiger partial charge is 0.338 e. The predicted molar refractivity (Wildman–Crippen MR) is 69.6 cm³/mol. The Morgan fingerprint density at radius 3 is 2.50 bits per heavy atom. The van der Waals surface area contributed by atoms with Gasteiger partial charge in [0, 0.05) is 12.1 Å². The van der Waals surface area contributed by atoms with Crippen LogP contribution in [-0.2, 0) is 0 Å². The summed E-state index contributed by atoms with van der Waals surface area (Å²) in [6.07, 6.45) is 0.295. The number of halogens is 1. The molecular weight excluding hydrogens is 269 g/mol. The fourth-order valence-corrected chi connectivity index (χ4v) is 1.87. The van der Waals surface area contributed by atoms with Gasteiger partial charge in [-0.1, -0.05) is 13.8 Å². The van der Waals surface area contributed by atoms with Crippen LogP contribution in [0, 0.1) is 21.8 Å². The topological polar surface area (TPSA) is 89.7 Å². The lowest BCUT2D eigenvalue weighted by atomic mass is 10.1. The van der Waals surface area contributed by atoms with Crippen molar-refractivity contribution in [3.63, 3.8) is 0 Å². The molecule has 0 amide bonds. The van der Waals surface area contributed by atoms with Crippen LogP contribution in [0.15, 0.2) is 12.1 Å².